The quantitative estimate of drug-likeness (QED) is 0.810. The summed E-state index contributed by atoms with van der Waals surface area (Å²) in [5, 5.41) is 0. The Morgan fingerprint density at radius 1 is 1.08 bits per heavy atom. The monoisotopic (exact) mass is 397 g/mol. The predicted molar refractivity (Wildman–Crippen MR) is 106 cm³/mol. The van der Waals surface area contributed by atoms with E-state index < -0.39 is 10.0 Å². The van der Waals surface area contributed by atoms with Crippen LogP contribution in [0, 0.1) is 0 Å². The molecule has 0 aromatic heterocycles. The molecule has 0 aliphatic rings. The van der Waals surface area contributed by atoms with Crippen molar-refractivity contribution in [2.24, 2.45) is 5.73 Å². The number of carbonyl (C=O) groups is 1. The van der Waals surface area contributed by atoms with Crippen LogP contribution in [0.25, 0.3) is 0 Å². The van der Waals surface area contributed by atoms with Crippen LogP contribution in [0.3, 0.4) is 0 Å². The van der Waals surface area contributed by atoms with Crippen molar-refractivity contribution in [1.82, 2.24) is 4.90 Å². The number of amides is 1. The summed E-state index contributed by atoms with van der Waals surface area (Å²) < 4.78 is 26.9. The van der Waals surface area contributed by atoms with Crippen LogP contribution >= 0.6 is 12.4 Å². The molecule has 0 saturated heterocycles. The maximum atomic E-state index is 12.8. The van der Waals surface area contributed by atoms with Crippen LogP contribution < -0.4 is 10.0 Å². The van der Waals surface area contributed by atoms with Crippen LogP contribution in [-0.2, 0) is 10.0 Å². The average Bonchev–Trinajstić information content (AvgIpc) is 2.66. The number of benzene rings is 2. The lowest BCUT2D eigenvalue weighted by atomic mass is 10.2. The van der Waals surface area contributed by atoms with Gasteiger partial charge in [-0.05, 0) is 37.3 Å². The third kappa shape index (κ3) is 4.55. The molecule has 2 aromatic carbocycles. The topological polar surface area (TPSA) is 83.7 Å². The highest BCUT2D eigenvalue weighted by Gasteiger charge is 2.23. The van der Waals surface area contributed by atoms with E-state index in [2.05, 4.69) is 0 Å². The van der Waals surface area contributed by atoms with Gasteiger partial charge in [0.2, 0.25) is 0 Å². The summed E-state index contributed by atoms with van der Waals surface area (Å²) in [4.78, 5) is 14.1. The number of carbonyl (C=O) groups excluding carboxylic acids is 1. The van der Waals surface area contributed by atoms with Crippen molar-refractivity contribution in [3.63, 3.8) is 0 Å². The van der Waals surface area contributed by atoms with Crippen LogP contribution in [0.2, 0.25) is 0 Å². The first-order valence-corrected chi connectivity index (χ1v) is 9.34. The molecule has 1 amide bonds. The first-order valence-electron chi connectivity index (χ1n) is 7.90. The zero-order valence-electron chi connectivity index (χ0n) is 15.0. The number of hydrogen-bond acceptors (Lipinski definition) is 4. The molecule has 0 aliphatic carbocycles. The molecule has 0 radical (unpaired) electrons. The fourth-order valence-corrected chi connectivity index (χ4v) is 3.53. The number of rotatable bonds is 6. The minimum Gasteiger partial charge on any atom is -0.338 e. The second-order valence-corrected chi connectivity index (χ2v) is 7.81. The van der Waals surface area contributed by atoms with Crippen molar-refractivity contribution >= 4 is 34.0 Å². The molecule has 0 fully saturated rings. The lowest BCUT2D eigenvalue weighted by molar-refractivity contribution is 0.0748. The fourth-order valence-electron chi connectivity index (χ4n) is 2.29. The smallest absolute Gasteiger partial charge is 0.264 e. The van der Waals surface area contributed by atoms with Crippen molar-refractivity contribution in [2.75, 3.05) is 24.9 Å². The summed E-state index contributed by atoms with van der Waals surface area (Å²) in [7, 11) is -0.624. The Labute approximate surface area is 161 Å². The van der Waals surface area contributed by atoms with Crippen LogP contribution in [0.4, 0.5) is 5.69 Å². The minimum atomic E-state index is -3.76. The van der Waals surface area contributed by atoms with Crippen molar-refractivity contribution < 1.29 is 13.2 Å². The third-order valence-electron chi connectivity index (χ3n) is 4.18. The van der Waals surface area contributed by atoms with E-state index in [4.69, 9.17) is 5.73 Å². The van der Waals surface area contributed by atoms with E-state index in [-0.39, 0.29) is 29.3 Å². The standard InChI is InChI=1S/C18H23N3O3S.ClH/c1-14(13-19)20(2)18(22)15-8-7-11-17(12-15)25(23,24)21(3)16-9-5-4-6-10-16;/h4-12,14H,13,19H2,1-3H3;1H. The van der Waals surface area contributed by atoms with Crippen molar-refractivity contribution in [3.05, 3.63) is 60.2 Å². The summed E-state index contributed by atoms with van der Waals surface area (Å²) in [5.41, 5.74) is 6.46. The number of sulfonamides is 1. The Balaban J connectivity index is 0.00000338. The van der Waals surface area contributed by atoms with Gasteiger partial charge in [0.1, 0.15) is 0 Å². The molecule has 2 rings (SSSR count). The number of anilines is 1. The van der Waals surface area contributed by atoms with Gasteiger partial charge in [-0.3, -0.25) is 9.10 Å². The van der Waals surface area contributed by atoms with Gasteiger partial charge in [0, 0.05) is 32.2 Å². The van der Waals surface area contributed by atoms with E-state index in [1.165, 1.54) is 28.4 Å². The van der Waals surface area contributed by atoms with Gasteiger partial charge in [0.15, 0.2) is 0 Å². The van der Waals surface area contributed by atoms with Gasteiger partial charge in [-0.2, -0.15) is 0 Å². The molecule has 142 valence electrons. The van der Waals surface area contributed by atoms with E-state index in [1.807, 2.05) is 13.0 Å². The Bertz CT molecular complexity index is 844. The number of para-hydroxylation sites is 1. The highest BCUT2D eigenvalue weighted by molar-refractivity contribution is 7.92. The second kappa shape index (κ2) is 9.02. The number of nitrogens with zero attached hydrogens (tertiary/aromatic N) is 2. The molecule has 1 atom stereocenters. The highest BCUT2D eigenvalue weighted by Crippen LogP contribution is 2.22. The number of halogens is 1. The molecule has 1 unspecified atom stereocenters. The molecule has 0 bridgehead atoms. The number of nitrogens with two attached hydrogens (primary N) is 1. The predicted octanol–water partition coefficient (Wildman–Crippen LogP) is 2.35. The lowest BCUT2D eigenvalue weighted by Gasteiger charge is -2.24. The van der Waals surface area contributed by atoms with Gasteiger partial charge in [-0.25, -0.2) is 8.42 Å². The maximum absolute atomic E-state index is 12.8. The maximum Gasteiger partial charge on any atom is 0.264 e. The highest BCUT2D eigenvalue weighted by atomic mass is 35.5. The number of hydrogen-bond donors (Lipinski definition) is 1. The van der Waals surface area contributed by atoms with Gasteiger partial charge < -0.3 is 10.6 Å². The normalized spacial score (nSPS) is 12.0. The van der Waals surface area contributed by atoms with Crippen molar-refractivity contribution in [2.45, 2.75) is 17.9 Å². The molecule has 6 nitrogen and oxygen atoms in total. The van der Waals surface area contributed by atoms with Gasteiger partial charge in [-0.1, -0.05) is 24.3 Å². The van der Waals surface area contributed by atoms with E-state index >= 15 is 0 Å². The SMILES string of the molecule is CC(CN)N(C)C(=O)c1cccc(S(=O)(=O)N(C)c2ccccc2)c1.Cl. The van der Waals surface area contributed by atoms with E-state index in [1.54, 1.807) is 43.4 Å². The van der Waals surface area contributed by atoms with Crippen molar-refractivity contribution in [3.8, 4) is 0 Å². The molecule has 0 heterocycles. The van der Waals surface area contributed by atoms with Crippen molar-refractivity contribution in [1.29, 1.82) is 0 Å². The first kappa shape index (κ1) is 22.0. The third-order valence-corrected chi connectivity index (χ3v) is 5.96. The molecule has 2 N–H and O–H groups in total. The van der Waals surface area contributed by atoms with E-state index in [0.29, 0.717) is 17.8 Å². The molecule has 2 aromatic rings. The minimum absolute atomic E-state index is 0. The van der Waals surface area contributed by atoms with Gasteiger partial charge in [-0.15, -0.1) is 12.4 Å². The Hall–Kier alpha value is -2.09. The van der Waals surface area contributed by atoms with Gasteiger partial charge in [0.25, 0.3) is 15.9 Å². The molecule has 0 aliphatic heterocycles. The average molecular weight is 398 g/mol. The second-order valence-electron chi connectivity index (χ2n) is 5.84. The molecule has 0 saturated carbocycles. The molecule has 26 heavy (non-hydrogen) atoms. The Kier molecular flexibility index (Phi) is 7.62. The van der Waals surface area contributed by atoms with Crippen LogP contribution in [-0.4, -0.2) is 45.9 Å². The fraction of sp³-hybridized carbons (Fsp3) is 0.278. The summed E-state index contributed by atoms with van der Waals surface area (Å²) in [6.45, 7) is 2.17. The summed E-state index contributed by atoms with van der Waals surface area (Å²) in [6, 6.07) is 14.7. The largest absolute Gasteiger partial charge is 0.338 e. The first-order chi connectivity index (χ1) is 11.8. The summed E-state index contributed by atoms with van der Waals surface area (Å²) in [6.07, 6.45) is 0. The van der Waals surface area contributed by atoms with E-state index in [9.17, 15) is 13.2 Å². The van der Waals surface area contributed by atoms with Crippen LogP contribution in [0.5, 0.6) is 0 Å². The molecule has 8 heteroatoms. The zero-order chi connectivity index (χ0) is 18.6. The van der Waals surface area contributed by atoms with Gasteiger partial charge in [0.05, 0.1) is 10.6 Å². The molecular formula is C18H24ClN3O3S. The zero-order valence-corrected chi connectivity index (χ0v) is 16.6. The number of likely N-dealkylation sites (N-methyl/N-ethyl adjacent to an activating group) is 1. The van der Waals surface area contributed by atoms with Gasteiger partial charge >= 0.3 is 0 Å². The Morgan fingerprint density at radius 2 is 1.69 bits per heavy atom. The lowest BCUT2D eigenvalue weighted by Crippen LogP contribution is -2.39. The summed E-state index contributed by atoms with van der Waals surface area (Å²) >= 11 is 0. The van der Waals surface area contributed by atoms with Crippen LogP contribution in [0.1, 0.15) is 17.3 Å². The molecule has 0 spiro atoms. The molecular weight excluding hydrogens is 374 g/mol. The Morgan fingerprint density at radius 3 is 2.27 bits per heavy atom. The summed E-state index contributed by atoms with van der Waals surface area (Å²) in [5.74, 6) is -0.266. The van der Waals surface area contributed by atoms with E-state index in [0.717, 1.165) is 0 Å². The van der Waals surface area contributed by atoms with Crippen LogP contribution in [0.15, 0.2) is 59.5 Å².